The molecule has 21 heavy (non-hydrogen) atoms. The van der Waals surface area contributed by atoms with Crippen LogP contribution in [0.1, 0.15) is 11.3 Å². The largest absolute Gasteiger partial charge is 0.396 e. The van der Waals surface area contributed by atoms with Gasteiger partial charge in [-0.3, -0.25) is 4.98 Å². The van der Waals surface area contributed by atoms with Gasteiger partial charge >= 0.3 is 0 Å². The van der Waals surface area contributed by atoms with Crippen molar-refractivity contribution in [2.75, 3.05) is 18.5 Å². The third-order valence-corrected chi connectivity index (χ3v) is 3.48. The van der Waals surface area contributed by atoms with Gasteiger partial charge in [0.1, 0.15) is 6.07 Å². The van der Waals surface area contributed by atoms with Crippen LogP contribution in [-0.4, -0.2) is 23.2 Å². The Morgan fingerprint density at radius 1 is 1.33 bits per heavy atom. The molecule has 0 radical (unpaired) electrons. The van der Waals surface area contributed by atoms with Gasteiger partial charge in [0.15, 0.2) is 0 Å². The van der Waals surface area contributed by atoms with Gasteiger partial charge in [-0.2, -0.15) is 5.26 Å². The van der Waals surface area contributed by atoms with Crippen LogP contribution in [0.3, 0.4) is 0 Å². The fraction of sp³-hybridized carbons (Fsp3) is 0.250. The Kier molecular flexibility index (Phi) is 5.56. The molecule has 0 saturated carbocycles. The Hall–Kier alpha value is -2.09. The van der Waals surface area contributed by atoms with Gasteiger partial charge in [0.25, 0.3) is 0 Å². The first-order valence-corrected chi connectivity index (χ1v) is 7.05. The predicted molar refractivity (Wildman–Crippen MR) is 83.2 cm³/mol. The Bertz CT molecular complexity index is 625. The highest BCUT2D eigenvalue weighted by atomic mass is 35.5. The molecule has 2 N–H and O–H groups in total. The van der Waals surface area contributed by atoms with Crippen molar-refractivity contribution in [2.45, 2.75) is 6.42 Å². The molecular weight excluding hydrogens is 286 g/mol. The first kappa shape index (κ1) is 15.3. The van der Waals surface area contributed by atoms with E-state index in [4.69, 9.17) is 16.9 Å². The zero-order valence-electron chi connectivity index (χ0n) is 11.5. The number of aliphatic hydroxyl groups is 1. The molecule has 1 atom stereocenters. The van der Waals surface area contributed by atoms with E-state index in [1.807, 2.05) is 24.3 Å². The average Bonchev–Trinajstić information content (AvgIpc) is 2.52. The van der Waals surface area contributed by atoms with Gasteiger partial charge in [0, 0.05) is 36.6 Å². The molecule has 1 unspecified atom stereocenters. The topological polar surface area (TPSA) is 68.9 Å². The highest BCUT2D eigenvalue weighted by Crippen LogP contribution is 2.20. The van der Waals surface area contributed by atoms with Crippen LogP contribution in [0.5, 0.6) is 0 Å². The van der Waals surface area contributed by atoms with E-state index in [1.54, 1.807) is 24.4 Å². The second-order valence-electron chi connectivity index (χ2n) is 4.76. The third kappa shape index (κ3) is 4.45. The van der Waals surface area contributed by atoms with Crippen LogP contribution in [0.15, 0.2) is 42.6 Å². The monoisotopic (exact) mass is 301 g/mol. The van der Waals surface area contributed by atoms with Crippen molar-refractivity contribution in [3.8, 4) is 6.07 Å². The lowest BCUT2D eigenvalue weighted by Gasteiger charge is -2.15. The Morgan fingerprint density at radius 2 is 2.19 bits per heavy atom. The normalized spacial score (nSPS) is 11.7. The second-order valence-corrected chi connectivity index (χ2v) is 5.17. The molecule has 0 bridgehead atoms. The molecule has 1 aromatic heterocycles. The number of pyridine rings is 1. The summed E-state index contributed by atoms with van der Waals surface area (Å²) in [5.41, 5.74) is 2.24. The first-order valence-electron chi connectivity index (χ1n) is 6.67. The van der Waals surface area contributed by atoms with Crippen molar-refractivity contribution in [3.05, 3.63) is 58.9 Å². The maximum atomic E-state index is 9.47. The zero-order valence-corrected chi connectivity index (χ0v) is 12.2. The second kappa shape index (κ2) is 7.63. The van der Waals surface area contributed by atoms with E-state index in [-0.39, 0.29) is 12.5 Å². The van der Waals surface area contributed by atoms with E-state index in [9.17, 15) is 5.11 Å². The summed E-state index contributed by atoms with van der Waals surface area (Å²) in [6, 6.07) is 13.0. The minimum Gasteiger partial charge on any atom is -0.396 e. The average molecular weight is 302 g/mol. The number of benzene rings is 1. The SMILES string of the molecule is N#Cc1ccc(NCC(CO)Cc2ccccn2)cc1Cl. The molecule has 1 heterocycles. The minimum atomic E-state index is 0.0642. The van der Waals surface area contributed by atoms with Crippen molar-refractivity contribution in [3.63, 3.8) is 0 Å². The summed E-state index contributed by atoms with van der Waals surface area (Å²) in [4.78, 5) is 4.26. The summed E-state index contributed by atoms with van der Waals surface area (Å²) in [6.07, 6.45) is 2.45. The number of hydrogen-bond acceptors (Lipinski definition) is 4. The summed E-state index contributed by atoms with van der Waals surface area (Å²) in [7, 11) is 0. The maximum Gasteiger partial charge on any atom is 0.101 e. The molecule has 0 saturated heterocycles. The Balaban J connectivity index is 1.94. The van der Waals surface area contributed by atoms with E-state index >= 15 is 0 Å². The van der Waals surface area contributed by atoms with Crippen molar-refractivity contribution in [1.29, 1.82) is 5.26 Å². The summed E-state index contributed by atoms with van der Waals surface area (Å²) < 4.78 is 0. The number of rotatable bonds is 6. The highest BCUT2D eigenvalue weighted by molar-refractivity contribution is 6.32. The van der Waals surface area contributed by atoms with Crippen molar-refractivity contribution in [1.82, 2.24) is 4.98 Å². The van der Waals surface area contributed by atoms with Gasteiger partial charge in [-0.15, -0.1) is 0 Å². The predicted octanol–water partition coefficient (Wildman–Crippen LogP) is 2.87. The molecule has 0 fully saturated rings. The summed E-state index contributed by atoms with van der Waals surface area (Å²) >= 11 is 5.99. The van der Waals surface area contributed by atoms with Crippen LogP contribution in [0.2, 0.25) is 5.02 Å². The van der Waals surface area contributed by atoms with Gasteiger partial charge in [0.05, 0.1) is 10.6 Å². The van der Waals surface area contributed by atoms with E-state index in [1.165, 1.54) is 0 Å². The Labute approximate surface area is 129 Å². The van der Waals surface area contributed by atoms with Gasteiger partial charge in [-0.25, -0.2) is 0 Å². The molecule has 2 rings (SSSR count). The number of aliphatic hydroxyl groups excluding tert-OH is 1. The van der Waals surface area contributed by atoms with Crippen LogP contribution in [0.4, 0.5) is 5.69 Å². The number of nitrogens with one attached hydrogen (secondary N) is 1. The zero-order chi connectivity index (χ0) is 15.1. The lowest BCUT2D eigenvalue weighted by molar-refractivity contribution is 0.232. The van der Waals surface area contributed by atoms with Gasteiger partial charge in [-0.05, 0) is 36.8 Å². The molecule has 2 aromatic rings. The van der Waals surface area contributed by atoms with Crippen LogP contribution in [0.25, 0.3) is 0 Å². The quantitative estimate of drug-likeness (QED) is 0.861. The number of halogens is 1. The summed E-state index contributed by atoms with van der Waals surface area (Å²) in [6.45, 7) is 0.683. The number of aromatic nitrogens is 1. The van der Waals surface area contributed by atoms with Gasteiger partial charge in [0.2, 0.25) is 0 Å². The van der Waals surface area contributed by atoms with Crippen LogP contribution < -0.4 is 5.32 Å². The van der Waals surface area contributed by atoms with Crippen LogP contribution in [0, 0.1) is 17.2 Å². The number of anilines is 1. The smallest absolute Gasteiger partial charge is 0.101 e. The third-order valence-electron chi connectivity index (χ3n) is 3.17. The Morgan fingerprint density at radius 3 is 2.81 bits per heavy atom. The lowest BCUT2D eigenvalue weighted by Crippen LogP contribution is -2.20. The molecule has 0 amide bonds. The molecule has 0 aliphatic rings. The molecule has 4 nitrogen and oxygen atoms in total. The maximum absolute atomic E-state index is 9.47. The van der Waals surface area contributed by atoms with Crippen LogP contribution >= 0.6 is 11.6 Å². The number of nitriles is 1. The summed E-state index contributed by atoms with van der Waals surface area (Å²) in [5, 5.41) is 22.0. The van der Waals surface area contributed by atoms with Gasteiger partial charge < -0.3 is 10.4 Å². The highest BCUT2D eigenvalue weighted by Gasteiger charge is 2.10. The molecule has 0 aliphatic heterocycles. The molecule has 5 heteroatoms. The molecule has 0 aliphatic carbocycles. The van der Waals surface area contributed by atoms with Gasteiger partial charge in [-0.1, -0.05) is 17.7 Å². The molecule has 0 spiro atoms. The number of nitrogens with zero attached hydrogens (tertiary/aromatic N) is 2. The fourth-order valence-electron chi connectivity index (χ4n) is 1.99. The summed E-state index contributed by atoms with van der Waals surface area (Å²) in [5.74, 6) is 0.0642. The minimum absolute atomic E-state index is 0.0642. The van der Waals surface area contributed by atoms with Crippen LogP contribution in [-0.2, 0) is 6.42 Å². The van der Waals surface area contributed by atoms with Crippen molar-refractivity contribution >= 4 is 17.3 Å². The van der Waals surface area contributed by atoms with E-state index in [0.29, 0.717) is 23.6 Å². The first-order chi connectivity index (χ1) is 10.2. The molecule has 1 aromatic carbocycles. The lowest BCUT2D eigenvalue weighted by atomic mass is 10.0. The van der Waals surface area contributed by atoms with Crippen molar-refractivity contribution in [2.24, 2.45) is 5.92 Å². The van der Waals surface area contributed by atoms with E-state index in [2.05, 4.69) is 10.3 Å². The number of hydrogen-bond donors (Lipinski definition) is 2. The van der Waals surface area contributed by atoms with Crippen molar-refractivity contribution < 1.29 is 5.11 Å². The molecular formula is C16H16ClN3O. The standard InChI is InChI=1S/C16H16ClN3O/c17-16-8-15(5-4-13(16)9-18)20-10-12(11-21)7-14-3-1-2-6-19-14/h1-6,8,12,20-21H,7,10-11H2. The van der Waals surface area contributed by atoms with E-state index in [0.717, 1.165) is 11.4 Å². The molecule has 108 valence electrons. The van der Waals surface area contributed by atoms with E-state index < -0.39 is 0 Å². The fourth-order valence-corrected chi connectivity index (χ4v) is 2.22.